The summed E-state index contributed by atoms with van der Waals surface area (Å²) < 4.78 is 4.39. The van der Waals surface area contributed by atoms with E-state index in [0.717, 1.165) is 0 Å². The van der Waals surface area contributed by atoms with Crippen LogP contribution in [0.3, 0.4) is 0 Å². The largest absolute Gasteiger partial charge is 0.466 e. The first-order valence-electron chi connectivity index (χ1n) is 3.87. The van der Waals surface area contributed by atoms with Crippen LogP contribution in [-0.2, 0) is 9.53 Å². The number of hydrogen-bond acceptors (Lipinski definition) is 3. The maximum atomic E-state index is 10.6. The Morgan fingerprint density at radius 2 is 2.15 bits per heavy atom. The van der Waals surface area contributed by atoms with Crippen molar-refractivity contribution in [1.29, 1.82) is 0 Å². The molecule has 0 aromatic heterocycles. The number of amides is 1. The lowest BCUT2D eigenvalue weighted by molar-refractivity contribution is -0.134. The summed E-state index contributed by atoms with van der Waals surface area (Å²) in [5.74, 6) is -0.260. The molecular formula is C8H11NO4. The zero-order valence-corrected chi connectivity index (χ0v) is 7.27. The molecule has 1 aliphatic heterocycles. The number of carboxylic acid groups (broad SMARTS) is 1. The lowest BCUT2D eigenvalue weighted by atomic mass is 10.0. The minimum atomic E-state index is -0.914. The van der Waals surface area contributed by atoms with Crippen molar-refractivity contribution < 1.29 is 19.4 Å². The summed E-state index contributed by atoms with van der Waals surface area (Å²) >= 11 is 0. The third kappa shape index (κ3) is 2.47. The first-order valence-corrected chi connectivity index (χ1v) is 3.87. The molecule has 5 heteroatoms. The Hall–Kier alpha value is -1.52. The minimum Gasteiger partial charge on any atom is -0.466 e. The van der Waals surface area contributed by atoms with Crippen LogP contribution in [-0.4, -0.2) is 42.3 Å². The summed E-state index contributed by atoms with van der Waals surface area (Å²) in [7, 11) is 1.30. The van der Waals surface area contributed by atoms with Crippen LogP contribution >= 0.6 is 0 Å². The zero-order valence-electron chi connectivity index (χ0n) is 7.27. The molecule has 0 aromatic rings. The van der Waals surface area contributed by atoms with Gasteiger partial charge in [0.25, 0.3) is 0 Å². The molecule has 1 amide bonds. The topological polar surface area (TPSA) is 66.8 Å². The fourth-order valence-corrected chi connectivity index (χ4v) is 1.07. The Bertz CT molecular complexity index is 243. The summed E-state index contributed by atoms with van der Waals surface area (Å²) in [6, 6.07) is 0. The van der Waals surface area contributed by atoms with Gasteiger partial charge in [-0.2, -0.15) is 0 Å². The van der Waals surface area contributed by atoms with Gasteiger partial charge in [-0.1, -0.05) is 6.08 Å². The first-order chi connectivity index (χ1) is 6.13. The molecule has 0 bridgehead atoms. The average molecular weight is 185 g/mol. The van der Waals surface area contributed by atoms with Crippen molar-refractivity contribution in [2.75, 3.05) is 20.2 Å². The van der Waals surface area contributed by atoms with Crippen molar-refractivity contribution in [2.45, 2.75) is 0 Å². The Morgan fingerprint density at radius 3 is 2.62 bits per heavy atom. The summed E-state index contributed by atoms with van der Waals surface area (Å²) in [5, 5.41) is 8.48. The molecule has 0 radical (unpaired) electrons. The predicted octanol–water partition coefficient (Wildman–Crippen LogP) is 0.325. The van der Waals surface area contributed by atoms with Crippen LogP contribution in [0, 0.1) is 5.92 Å². The Balaban J connectivity index is 2.25. The summed E-state index contributed by atoms with van der Waals surface area (Å²) in [6.45, 7) is 0.922. The van der Waals surface area contributed by atoms with E-state index in [1.807, 2.05) is 0 Å². The molecule has 0 unspecified atom stereocenters. The third-order valence-corrected chi connectivity index (χ3v) is 1.89. The second kappa shape index (κ2) is 3.93. The highest BCUT2D eigenvalue weighted by molar-refractivity contribution is 5.81. The monoisotopic (exact) mass is 185 g/mol. The molecule has 1 heterocycles. The third-order valence-electron chi connectivity index (χ3n) is 1.89. The molecule has 0 aliphatic carbocycles. The van der Waals surface area contributed by atoms with Gasteiger partial charge >= 0.3 is 12.1 Å². The number of ether oxygens (including phenoxy) is 1. The predicted molar refractivity (Wildman–Crippen MR) is 44.2 cm³/mol. The quantitative estimate of drug-likeness (QED) is 0.497. The molecule has 1 fully saturated rings. The summed E-state index contributed by atoms with van der Waals surface area (Å²) in [4.78, 5) is 22.2. The van der Waals surface area contributed by atoms with Crippen molar-refractivity contribution in [3.05, 3.63) is 12.2 Å². The highest BCUT2D eigenvalue weighted by Gasteiger charge is 2.28. The van der Waals surface area contributed by atoms with Gasteiger partial charge in [-0.25, -0.2) is 9.59 Å². The van der Waals surface area contributed by atoms with Gasteiger partial charge < -0.3 is 14.7 Å². The Morgan fingerprint density at radius 1 is 1.54 bits per heavy atom. The van der Waals surface area contributed by atoms with Crippen LogP contribution in [0.4, 0.5) is 4.79 Å². The minimum absolute atomic E-state index is 0.148. The lowest BCUT2D eigenvalue weighted by Crippen LogP contribution is -2.48. The number of hydrogen-bond donors (Lipinski definition) is 1. The Kier molecular flexibility index (Phi) is 2.89. The van der Waals surface area contributed by atoms with E-state index in [9.17, 15) is 9.59 Å². The van der Waals surface area contributed by atoms with Gasteiger partial charge in [0, 0.05) is 25.1 Å². The van der Waals surface area contributed by atoms with Crippen molar-refractivity contribution in [2.24, 2.45) is 5.92 Å². The Labute approximate surface area is 75.6 Å². The van der Waals surface area contributed by atoms with Gasteiger partial charge in [-0.3, -0.25) is 0 Å². The van der Waals surface area contributed by atoms with E-state index in [4.69, 9.17) is 5.11 Å². The van der Waals surface area contributed by atoms with E-state index >= 15 is 0 Å². The molecule has 5 nitrogen and oxygen atoms in total. The molecule has 0 saturated carbocycles. The van der Waals surface area contributed by atoms with Gasteiger partial charge in [0.2, 0.25) is 0 Å². The first kappa shape index (κ1) is 9.57. The SMILES string of the molecule is COC(=O)/C=C/C1CN(C(=O)O)C1. The molecule has 72 valence electrons. The standard InChI is InChI=1S/C8H11NO4/c1-13-7(10)3-2-6-4-9(5-6)8(11)12/h2-3,6H,4-5H2,1H3,(H,11,12)/b3-2+. The van der Waals surface area contributed by atoms with Crippen LogP contribution in [0.5, 0.6) is 0 Å². The molecule has 0 spiro atoms. The van der Waals surface area contributed by atoms with E-state index in [0.29, 0.717) is 13.1 Å². The smallest absolute Gasteiger partial charge is 0.407 e. The number of esters is 1. The number of likely N-dealkylation sites (tertiary alicyclic amines) is 1. The molecule has 0 atom stereocenters. The maximum Gasteiger partial charge on any atom is 0.407 e. The second-order valence-corrected chi connectivity index (χ2v) is 2.83. The van der Waals surface area contributed by atoms with E-state index in [-0.39, 0.29) is 5.92 Å². The van der Waals surface area contributed by atoms with E-state index in [2.05, 4.69) is 4.74 Å². The molecule has 13 heavy (non-hydrogen) atoms. The van der Waals surface area contributed by atoms with Gasteiger partial charge in [0.15, 0.2) is 0 Å². The maximum absolute atomic E-state index is 10.6. The summed E-state index contributed by atoms with van der Waals surface area (Å²) in [6.07, 6.45) is 2.08. The molecule has 1 N–H and O–H groups in total. The molecule has 1 saturated heterocycles. The summed E-state index contributed by atoms with van der Waals surface area (Å²) in [5.41, 5.74) is 0. The van der Waals surface area contributed by atoms with Gasteiger partial charge in [0.1, 0.15) is 0 Å². The molecule has 1 aliphatic rings. The number of nitrogens with zero attached hydrogens (tertiary/aromatic N) is 1. The van der Waals surface area contributed by atoms with Gasteiger partial charge in [-0.05, 0) is 0 Å². The number of carbonyl (C=O) groups excluding carboxylic acids is 1. The average Bonchev–Trinajstić information content (AvgIpc) is 2.00. The van der Waals surface area contributed by atoms with Crippen LogP contribution < -0.4 is 0 Å². The number of methoxy groups -OCH3 is 1. The fraction of sp³-hybridized carbons (Fsp3) is 0.500. The fourth-order valence-electron chi connectivity index (χ4n) is 1.07. The number of rotatable bonds is 2. The molecular weight excluding hydrogens is 174 g/mol. The van der Waals surface area contributed by atoms with E-state index < -0.39 is 12.1 Å². The van der Waals surface area contributed by atoms with Crippen molar-refractivity contribution in [1.82, 2.24) is 4.90 Å². The van der Waals surface area contributed by atoms with Crippen LogP contribution in [0.2, 0.25) is 0 Å². The van der Waals surface area contributed by atoms with E-state index in [1.54, 1.807) is 6.08 Å². The van der Waals surface area contributed by atoms with Crippen LogP contribution in [0.25, 0.3) is 0 Å². The van der Waals surface area contributed by atoms with Crippen molar-refractivity contribution in [3.8, 4) is 0 Å². The van der Waals surface area contributed by atoms with Crippen LogP contribution in [0.15, 0.2) is 12.2 Å². The van der Waals surface area contributed by atoms with Crippen LogP contribution in [0.1, 0.15) is 0 Å². The van der Waals surface area contributed by atoms with Gasteiger partial charge in [-0.15, -0.1) is 0 Å². The van der Waals surface area contributed by atoms with Crippen molar-refractivity contribution in [3.63, 3.8) is 0 Å². The molecule has 1 rings (SSSR count). The van der Waals surface area contributed by atoms with Gasteiger partial charge in [0.05, 0.1) is 7.11 Å². The van der Waals surface area contributed by atoms with Crippen molar-refractivity contribution >= 4 is 12.1 Å². The molecule has 0 aromatic carbocycles. The lowest BCUT2D eigenvalue weighted by Gasteiger charge is -2.35. The zero-order chi connectivity index (χ0) is 9.84. The second-order valence-electron chi connectivity index (χ2n) is 2.83. The number of carbonyl (C=O) groups is 2. The normalized spacial score (nSPS) is 17.2. The van der Waals surface area contributed by atoms with E-state index in [1.165, 1.54) is 18.1 Å². The highest BCUT2D eigenvalue weighted by atomic mass is 16.5. The highest BCUT2D eigenvalue weighted by Crippen LogP contribution is 2.16.